The topological polar surface area (TPSA) is 69.7 Å². The zero-order chi connectivity index (χ0) is 18.1. The van der Waals surface area contributed by atoms with Crippen molar-refractivity contribution in [2.45, 2.75) is 33.2 Å². The first-order valence-corrected chi connectivity index (χ1v) is 9.36. The van der Waals surface area contributed by atoms with Crippen molar-refractivity contribution in [3.63, 3.8) is 0 Å². The van der Waals surface area contributed by atoms with Crippen molar-refractivity contribution < 1.29 is 0 Å². The summed E-state index contributed by atoms with van der Waals surface area (Å²) in [5.74, 6) is 1.73. The van der Waals surface area contributed by atoms with Crippen LogP contribution in [0.15, 0.2) is 30.5 Å². The Balaban J connectivity index is 1.66. The Labute approximate surface area is 154 Å². The van der Waals surface area contributed by atoms with Crippen molar-refractivity contribution in [1.82, 2.24) is 25.5 Å². The lowest BCUT2D eigenvalue weighted by atomic mass is 10.0. The number of piperazine rings is 1. The van der Waals surface area contributed by atoms with E-state index in [1.165, 1.54) is 12.0 Å². The van der Waals surface area contributed by atoms with Crippen LogP contribution in [0.25, 0.3) is 22.4 Å². The van der Waals surface area contributed by atoms with Gasteiger partial charge in [0.15, 0.2) is 5.65 Å². The first kappa shape index (κ1) is 17.0. The Kier molecular flexibility index (Phi) is 4.59. The molecule has 3 aromatic rings. The summed E-state index contributed by atoms with van der Waals surface area (Å²) in [6.07, 6.45) is 2.96. The maximum atomic E-state index is 4.95. The van der Waals surface area contributed by atoms with E-state index in [-0.39, 0.29) is 0 Å². The van der Waals surface area contributed by atoms with Crippen LogP contribution in [0, 0.1) is 12.8 Å². The van der Waals surface area contributed by atoms with Crippen molar-refractivity contribution in [2.75, 3.05) is 24.5 Å². The average molecular weight is 350 g/mol. The molecule has 6 heteroatoms. The van der Waals surface area contributed by atoms with Gasteiger partial charge in [0.25, 0.3) is 0 Å². The number of aromatic nitrogens is 4. The van der Waals surface area contributed by atoms with Gasteiger partial charge >= 0.3 is 0 Å². The fourth-order valence-corrected chi connectivity index (χ4v) is 3.74. The van der Waals surface area contributed by atoms with Crippen LogP contribution in [0.2, 0.25) is 0 Å². The Morgan fingerprint density at radius 3 is 3.04 bits per heavy atom. The highest BCUT2D eigenvalue weighted by Crippen LogP contribution is 2.27. The standard InChI is InChI=1S/C20H26N6/c1-13(2)9-15-12-26(8-7-21-15)18-11-14(3)10-17(23-18)19-16-5-4-6-22-20(16)25-24-19/h4-6,10-11,13,15,21H,7-9,12H2,1-3H3,(H,22,24,25)/t15-/m0/s1. The molecular formula is C20H26N6. The molecule has 0 bridgehead atoms. The summed E-state index contributed by atoms with van der Waals surface area (Å²) in [5.41, 5.74) is 3.76. The molecule has 1 saturated heterocycles. The minimum atomic E-state index is 0.518. The first-order chi connectivity index (χ1) is 12.6. The maximum absolute atomic E-state index is 4.95. The number of nitrogens with one attached hydrogen (secondary N) is 2. The van der Waals surface area contributed by atoms with Gasteiger partial charge in [-0.3, -0.25) is 5.10 Å². The summed E-state index contributed by atoms with van der Waals surface area (Å²) >= 11 is 0. The van der Waals surface area contributed by atoms with E-state index in [0.717, 1.165) is 47.9 Å². The molecule has 0 radical (unpaired) electrons. The fourth-order valence-electron chi connectivity index (χ4n) is 3.74. The van der Waals surface area contributed by atoms with Crippen LogP contribution in [-0.2, 0) is 0 Å². The van der Waals surface area contributed by atoms with E-state index >= 15 is 0 Å². The SMILES string of the molecule is Cc1cc(-c2n[nH]c3ncccc23)nc(N2CCN[C@@H](CC(C)C)C2)c1. The molecular weight excluding hydrogens is 324 g/mol. The van der Waals surface area contributed by atoms with Crippen molar-refractivity contribution in [2.24, 2.45) is 5.92 Å². The number of pyridine rings is 2. The second-order valence-electron chi connectivity index (χ2n) is 7.59. The number of hydrogen-bond acceptors (Lipinski definition) is 5. The molecule has 26 heavy (non-hydrogen) atoms. The minimum absolute atomic E-state index is 0.518. The second-order valence-corrected chi connectivity index (χ2v) is 7.59. The van der Waals surface area contributed by atoms with Crippen LogP contribution in [-0.4, -0.2) is 45.8 Å². The van der Waals surface area contributed by atoms with E-state index in [0.29, 0.717) is 12.0 Å². The number of hydrogen-bond donors (Lipinski definition) is 2. The Bertz CT molecular complexity index is 900. The Morgan fingerprint density at radius 2 is 2.19 bits per heavy atom. The largest absolute Gasteiger partial charge is 0.354 e. The quantitative estimate of drug-likeness (QED) is 0.756. The third-order valence-electron chi connectivity index (χ3n) is 4.87. The van der Waals surface area contributed by atoms with Crippen LogP contribution < -0.4 is 10.2 Å². The number of aryl methyl sites for hydroxylation is 1. The summed E-state index contributed by atoms with van der Waals surface area (Å²) in [6, 6.07) is 8.76. The molecule has 1 fully saturated rings. The lowest BCUT2D eigenvalue weighted by Gasteiger charge is -2.35. The molecule has 4 rings (SSSR count). The van der Waals surface area contributed by atoms with Gasteiger partial charge < -0.3 is 10.2 Å². The molecule has 0 aliphatic carbocycles. The number of aromatic amines is 1. The number of fused-ring (bicyclic) bond motifs is 1. The molecule has 4 heterocycles. The van der Waals surface area contributed by atoms with E-state index in [4.69, 9.17) is 4.98 Å². The molecule has 1 aliphatic rings. The number of rotatable bonds is 4. The Hall–Kier alpha value is -2.47. The molecule has 136 valence electrons. The monoisotopic (exact) mass is 350 g/mol. The molecule has 2 N–H and O–H groups in total. The van der Waals surface area contributed by atoms with Crippen molar-refractivity contribution >= 4 is 16.9 Å². The third-order valence-corrected chi connectivity index (χ3v) is 4.87. The van der Waals surface area contributed by atoms with Gasteiger partial charge in [-0.25, -0.2) is 9.97 Å². The van der Waals surface area contributed by atoms with Gasteiger partial charge in [0.05, 0.1) is 5.69 Å². The highest BCUT2D eigenvalue weighted by atomic mass is 15.2. The molecule has 6 nitrogen and oxygen atoms in total. The van der Waals surface area contributed by atoms with E-state index in [1.54, 1.807) is 6.20 Å². The van der Waals surface area contributed by atoms with Crippen LogP contribution in [0.4, 0.5) is 5.82 Å². The van der Waals surface area contributed by atoms with E-state index in [2.05, 4.69) is 58.3 Å². The Morgan fingerprint density at radius 1 is 1.31 bits per heavy atom. The van der Waals surface area contributed by atoms with E-state index in [9.17, 15) is 0 Å². The van der Waals surface area contributed by atoms with Crippen molar-refractivity contribution in [3.05, 3.63) is 36.0 Å². The number of anilines is 1. The molecule has 3 aromatic heterocycles. The molecule has 0 spiro atoms. The first-order valence-electron chi connectivity index (χ1n) is 9.36. The van der Waals surface area contributed by atoms with Crippen LogP contribution in [0.5, 0.6) is 0 Å². The number of H-pyrrole nitrogens is 1. The zero-order valence-electron chi connectivity index (χ0n) is 15.7. The van der Waals surface area contributed by atoms with Crippen LogP contribution >= 0.6 is 0 Å². The predicted molar refractivity (Wildman–Crippen MR) is 105 cm³/mol. The van der Waals surface area contributed by atoms with Gasteiger partial charge in [0, 0.05) is 37.3 Å². The van der Waals surface area contributed by atoms with Gasteiger partial charge in [0.2, 0.25) is 0 Å². The molecule has 0 aromatic carbocycles. The molecule has 1 aliphatic heterocycles. The second kappa shape index (κ2) is 7.03. The van der Waals surface area contributed by atoms with Crippen molar-refractivity contribution in [3.8, 4) is 11.4 Å². The average Bonchev–Trinajstić information content (AvgIpc) is 3.05. The highest BCUT2D eigenvalue weighted by molar-refractivity contribution is 5.89. The lowest BCUT2D eigenvalue weighted by molar-refractivity contribution is 0.387. The van der Waals surface area contributed by atoms with E-state index in [1.807, 2.05) is 12.1 Å². The summed E-state index contributed by atoms with van der Waals surface area (Å²) in [7, 11) is 0. The smallest absolute Gasteiger partial charge is 0.155 e. The molecule has 1 atom stereocenters. The van der Waals surface area contributed by atoms with Gasteiger partial charge in [-0.2, -0.15) is 5.10 Å². The van der Waals surface area contributed by atoms with Gasteiger partial charge in [-0.05, 0) is 49.1 Å². The fraction of sp³-hybridized carbons (Fsp3) is 0.450. The minimum Gasteiger partial charge on any atom is -0.354 e. The van der Waals surface area contributed by atoms with Gasteiger partial charge in [-0.1, -0.05) is 13.8 Å². The summed E-state index contributed by atoms with van der Waals surface area (Å²) < 4.78 is 0. The molecule has 0 unspecified atom stereocenters. The normalized spacial score (nSPS) is 18.0. The number of nitrogens with zero attached hydrogens (tertiary/aromatic N) is 4. The zero-order valence-corrected chi connectivity index (χ0v) is 15.7. The highest BCUT2D eigenvalue weighted by Gasteiger charge is 2.22. The molecule has 0 amide bonds. The van der Waals surface area contributed by atoms with Crippen LogP contribution in [0.1, 0.15) is 25.8 Å². The van der Waals surface area contributed by atoms with Gasteiger partial charge in [-0.15, -0.1) is 0 Å². The van der Waals surface area contributed by atoms with Crippen LogP contribution in [0.3, 0.4) is 0 Å². The van der Waals surface area contributed by atoms with Gasteiger partial charge in [0.1, 0.15) is 11.5 Å². The summed E-state index contributed by atoms with van der Waals surface area (Å²) in [5, 5.41) is 12.1. The lowest BCUT2D eigenvalue weighted by Crippen LogP contribution is -2.51. The predicted octanol–water partition coefficient (Wildman–Crippen LogP) is 3.15. The summed E-state index contributed by atoms with van der Waals surface area (Å²) in [6.45, 7) is 9.65. The third kappa shape index (κ3) is 3.42. The maximum Gasteiger partial charge on any atom is 0.155 e. The van der Waals surface area contributed by atoms with E-state index < -0.39 is 0 Å². The molecule has 0 saturated carbocycles. The van der Waals surface area contributed by atoms with Crippen molar-refractivity contribution in [1.29, 1.82) is 0 Å². The summed E-state index contributed by atoms with van der Waals surface area (Å²) in [4.78, 5) is 11.7.